The third kappa shape index (κ3) is 4.82. The van der Waals surface area contributed by atoms with Crippen LogP contribution in [0.15, 0.2) is 24.3 Å². The Morgan fingerprint density at radius 1 is 1.08 bits per heavy atom. The number of hydrogen-bond acceptors (Lipinski definition) is 2. The molecule has 1 heterocycles. The molecule has 0 spiro atoms. The van der Waals surface area contributed by atoms with Crippen molar-refractivity contribution < 1.29 is 0 Å². The summed E-state index contributed by atoms with van der Waals surface area (Å²) in [5.41, 5.74) is 3.61. The van der Waals surface area contributed by atoms with Crippen molar-refractivity contribution in [2.24, 2.45) is 11.3 Å². The van der Waals surface area contributed by atoms with Crippen LogP contribution in [-0.4, -0.2) is 25.7 Å². The SMILES string of the molecule is CCCCC1CN(c2ccccc2C2CCC(C(C)(C)C)CC2)CCN1. The van der Waals surface area contributed by atoms with Crippen molar-refractivity contribution in [1.29, 1.82) is 0 Å². The fourth-order valence-corrected chi connectivity index (χ4v) is 5.08. The predicted octanol–water partition coefficient (Wildman–Crippen LogP) is 5.97. The molecule has 3 rings (SSSR count). The first-order valence-corrected chi connectivity index (χ1v) is 11.1. The highest BCUT2D eigenvalue weighted by molar-refractivity contribution is 5.56. The smallest absolute Gasteiger partial charge is 0.0402 e. The van der Waals surface area contributed by atoms with Crippen LogP contribution in [0.5, 0.6) is 0 Å². The molecule has 2 nitrogen and oxygen atoms in total. The lowest BCUT2D eigenvalue weighted by molar-refractivity contribution is 0.169. The van der Waals surface area contributed by atoms with Gasteiger partial charge < -0.3 is 10.2 Å². The third-order valence-corrected chi connectivity index (χ3v) is 6.83. The number of piperazine rings is 1. The maximum atomic E-state index is 3.73. The number of anilines is 1. The summed E-state index contributed by atoms with van der Waals surface area (Å²) in [7, 11) is 0. The maximum absolute atomic E-state index is 3.73. The number of nitrogens with zero attached hydrogens (tertiary/aromatic N) is 1. The predicted molar refractivity (Wildman–Crippen MR) is 114 cm³/mol. The van der Waals surface area contributed by atoms with Crippen LogP contribution in [0.1, 0.15) is 84.1 Å². The van der Waals surface area contributed by atoms with Crippen LogP contribution in [-0.2, 0) is 0 Å². The summed E-state index contributed by atoms with van der Waals surface area (Å²) in [5, 5.41) is 3.73. The molecule has 0 aromatic heterocycles. The zero-order valence-electron chi connectivity index (χ0n) is 17.6. The van der Waals surface area contributed by atoms with Crippen LogP contribution < -0.4 is 10.2 Å². The van der Waals surface area contributed by atoms with Crippen LogP contribution in [0, 0.1) is 11.3 Å². The van der Waals surface area contributed by atoms with Gasteiger partial charge >= 0.3 is 0 Å². The Hall–Kier alpha value is -1.02. The lowest BCUT2D eigenvalue weighted by Gasteiger charge is -2.40. The first-order valence-electron chi connectivity index (χ1n) is 11.1. The van der Waals surface area contributed by atoms with Gasteiger partial charge in [0.1, 0.15) is 0 Å². The van der Waals surface area contributed by atoms with Gasteiger partial charge in [0.15, 0.2) is 0 Å². The summed E-state index contributed by atoms with van der Waals surface area (Å²) in [4.78, 5) is 2.67. The number of para-hydroxylation sites is 1. The van der Waals surface area contributed by atoms with E-state index in [0.717, 1.165) is 24.9 Å². The Morgan fingerprint density at radius 2 is 1.81 bits per heavy atom. The average molecular weight is 357 g/mol. The zero-order valence-corrected chi connectivity index (χ0v) is 17.6. The topological polar surface area (TPSA) is 15.3 Å². The minimum absolute atomic E-state index is 0.468. The normalized spacial score (nSPS) is 27.5. The Morgan fingerprint density at radius 3 is 2.50 bits per heavy atom. The molecule has 0 bridgehead atoms. The van der Waals surface area contributed by atoms with Crippen LogP contribution >= 0.6 is 0 Å². The maximum Gasteiger partial charge on any atom is 0.0402 e. The number of benzene rings is 1. The van der Waals surface area contributed by atoms with E-state index in [1.54, 1.807) is 5.56 Å². The second-order valence-corrected chi connectivity index (χ2v) is 9.71. The van der Waals surface area contributed by atoms with Gasteiger partial charge in [0.2, 0.25) is 0 Å². The van der Waals surface area contributed by atoms with E-state index in [1.165, 1.54) is 57.2 Å². The Kier molecular flexibility index (Phi) is 6.66. The molecule has 1 aliphatic heterocycles. The standard InChI is InChI=1S/C24H40N2/c1-5-6-9-21-18-26(17-16-25-21)23-11-8-7-10-22(23)19-12-14-20(15-13-19)24(2,3)4/h7-8,10-11,19-21,25H,5-6,9,12-18H2,1-4H3. The van der Waals surface area contributed by atoms with Gasteiger partial charge in [-0.2, -0.15) is 0 Å². The van der Waals surface area contributed by atoms with Crippen molar-refractivity contribution >= 4 is 5.69 Å². The molecule has 0 radical (unpaired) electrons. The van der Waals surface area contributed by atoms with Crippen LogP contribution in [0.25, 0.3) is 0 Å². The average Bonchev–Trinajstić information content (AvgIpc) is 2.66. The fraction of sp³-hybridized carbons (Fsp3) is 0.750. The summed E-state index contributed by atoms with van der Waals surface area (Å²) < 4.78 is 0. The van der Waals surface area contributed by atoms with E-state index >= 15 is 0 Å². The lowest BCUT2D eigenvalue weighted by atomic mass is 9.68. The van der Waals surface area contributed by atoms with Crippen LogP contribution in [0.3, 0.4) is 0 Å². The molecule has 1 unspecified atom stereocenters. The summed E-state index contributed by atoms with van der Waals surface area (Å²) in [6.07, 6.45) is 9.46. The van der Waals surface area contributed by atoms with E-state index in [4.69, 9.17) is 0 Å². The van der Waals surface area contributed by atoms with Crippen LogP contribution in [0.2, 0.25) is 0 Å². The van der Waals surface area contributed by atoms with Crippen molar-refractivity contribution in [2.45, 2.75) is 84.6 Å². The van der Waals surface area contributed by atoms with E-state index in [0.29, 0.717) is 11.5 Å². The molecule has 1 saturated heterocycles. The molecule has 1 N–H and O–H groups in total. The lowest BCUT2D eigenvalue weighted by Crippen LogP contribution is -2.51. The van der Waals surface area contributed by atoms with Crippen molar-refractivity contribution in [3.8, 4) is 0 Å². The molecule has 26 heavy (non-hydrogen) atoms. The van der Waals surface area contributed by atoms with E-state index in [9.17, 15) is 0 Å². The van der Waals surface area contributed by atoms with Crippen LogP contribution in [0.4, 0.5) is 5.69 Å². The number of hydrogen-bond donors (Lipinski definition) is 1. The van der Waals surface area contributed by atoms with Gasteiger partial charge in [0.25, 0.3) is 0 Å². The Bertz CT molecular complexity index is 552. The molecule has 1 aromatic carbocycles. The molecule has 1 saturated carbocycles. The molecule has 2 heteroatoms. The van der Waals surface area contributed by atoms with Gasteiger partial charge in [-0.15, -0.1) is 0 Å². The molecule has 1 aromatic rings. The number of nitrogens with one attached hydrogen (secondary N) is 1. The number of unbranched alkanes of at least 4 members (excludes halogenated alkanes) is 1. The second kappa shape index (κ2) is 8.78. The zero-order chi connectivity index (χ0) is 18.6. The van der Waals surface area contributed by atoms with Crippen molar-refractivity contribution in [3.63, 3.8) is 0 Å². The van der Waals surface area contributed by atoms with Gasteiger partial charge in [0.05, 0.1) is 0 Å². The Labute approximate surface area is 161 Å². The highest BCUT2D eigenvalue weighted by Crippen LogP contribution is 2.45. The molecule has 2 aliphatic rings. The first kappa shape index (κ1) is 19.7. The molecule has 1 atom stereocenters. The van der Waals surface area contributed by atoms with Gasteiger partial charge in [-0.05, 0) is 61.0 Å². The minimum atomic E-state index is 0.468. The molecular formula is C24H40N2. The summed E-state index contributed by atoms with van der Waals surface area (Å²) in [5.74, 6) is 1.65. The summed E-state index contributed by atoms with van der Waals surface area (Å²) >= 11 is 0. The second-order valence-electron chi connectivity index (χ2n) is 9.71. The molecule has 0 amide bonds. The van der Waals surface area contributed by atoms with E-state index < -0.39 is 0 Å². The summed E-state index contributed by atoms with van der Waals surface area (Å²) in [6.45, 7) is 13.0. The monoisotopic (exact) mass is 356 g/mol. The quantitative estimate of drug-likeness (QED) is 0.698. The first-order chi connectivity index (χ1) is 12.5. The highest BCUT2D eigenvalue weighted by atomic mass is 15.2. The largest absolute Gasteiger partial charge is 0.368 e. The minimum Gasteiger partial charge on any atom is -0.368 e. The van der Waals surface area contributed by atoms with Gasteiger partial charge in [-0.3, -0.25) is 0 Å². The van der Waals surface area contributed by atoms with Gasteiger partial charge in [-0.25, -0.2) is 0 Å². The van der Waals surface area contributed by atoms with Crippen molar-refractivity contribution in [3.05, 3.63) is 29.8 Å². The van der Waals surface area contributed by atoms with Crippen molar-refractivity contribution in [1.82, 2.24) is 5.32 Å². The third-order valence-electron chi connectivity index (χ3n) is 6.83. The molecule has 146 valence electrons. The van der Waals surface area contributed by atoms with Gasteiger partial charge in [0, 0.05) is 31.4 Å². The molecular weight excluding hydrogens is 316 g/mol. The molecule has 1 aliphatic carbocycles. The highest BCUT2D eigenvalue weighted by Gasteiger charge is 2.31. The fourth-order valence-electron chi connectivity index (χ4n) is 5.08. The van der Waals surface area contributed by atoms with Gasteiger partial charge in [-0.1, -0.05) is 58.7 Å². The van der Waals surface area contributed by atoms with Crippen molar-refractivity contribution in [2.75, 3.05) is 24.5 Å². The Balaban J connectivity index is 1.69. The molecule has 2 fully saturated rings. The van der Waals surface area contributed by atoms with E-state index in [2.05, 4.69) is 62.2 Å². The van der Waals surface area contributed by atoms with E-state index in [-0.39, 0.29) is 0 Å². The summed E-state index contributed by atoms with van der Waals surface area (Å²) in [6, 6.07) is 9.95. The van der Waals surface area contributed by atoms with E-state index in [1.807, 2.05) is 0 Å². The number of rotatable bonds is 5.